The maximum absolute atomic E-state index is 13.0. The Hall–Kier alpha value is -2.91. The number of allylic oxidation sites excluding steroid dienone is 1. The van der Waals surface area contributed by atoms with Crippen molar-refractivity contribution in [3.8, 4) is 11.6 Å². The van der Waals surface area contributed by atoms with Gasteiger partial charge in [0.05, 0.1) is 15.9 Å². The summed E-state index contributed by atoms with van der Waals surface area (Å²) >= 11 is 4.16. The number of aromatic nitrogens is 2. The maximum Gasteiger partial charge on any atom is 0.314 e. The minimum atomic E-state index is -0.465. The molecule has 140 valence electrons. The van der Waals surface area contributed by atoms with Gasteiger partial charge < -0.3 is 4.74 Å². The average Bonchev–Trinajstić information content (AvgIpc) is 3.01. The van der Waals surface area contributed by atoms with Crippen LogP contribution in [0.3, 0.4) is 0 Å². The number of hydrogen-bond acceptors (Lipinski definition) is 6. The number of nitrogens with zero attached hydrogens (tertiary/aromatic N) is 2. The molecule has 0 unspecified atom stereocenters. The van der Waals surface area contributed by atoms with Gasteiger partial charge in [0.1, 0.15) is 5.75 Å². The summed E-state index contributed by atoms with van der Waals surface area (Å²) in [6, 6.07) is 14.2. The van der Waals surface area contributed by atoms with Crippen LogP contribution in [0.25, 0.3) is 11.0 Å². The smallest absolute Gasteiger partial charge is 0.314 e. The quantitative estimate of drug-likeness (QED) is 0.598. The van der Waals surface area contributed by atoms with Gasteiger partial charge in [-0.25, -0.2) is 4.98 Å². The summed E-state index contributed by atoms with van der Waals surface area (Å²) in [7, 11) is 0. The number of halogens is 1. The van der Waals surface area contributed by atoms with Crippen molar-refractivity contribution >= 4 is 49.9 Å². The summed E-state index contributed by atoms with van der Waals surface area (Å²) < 4.78 is 8.04. The fourth-order valence-electron chi connectivity index (χ4n) is 2.67. The van der Waals surface area contributed by atoms with E-state index < -0.39 is 16.7 Å². The number of amides is 2. The second-order valence-electron chi connectivity index (χ2n) is 5.79. The van der Waals surface area contributed by atoms with E-state index in [1.165, 1.54) is 4.57 Å². The molecule has 1 fully saturated rings. The van der Waals surface area contributed by atoms with Crippen LogP contribution < -0.4 is 15.6 Å². The Morgan fingerprint density at radius 3 is 2.57 bits per heavy atom. The van der Waals surface area contributed by atoms with Crippen molar-refractivity contribution in [3.05, 3.63) is 74.3 Å². The Kier molecular flexibility index (Phi) is 5.01. The largest absolute Gasteiger partial charge is 0.435 e. The third-order valence-corrected chi connectivity index (χ3v) is 5.34. The van der Waals surface area contributed by atoms with Crippen LogP contribution in [0.1, 0.15) is 0 Å². The Morgan fingerprint density at radius 2 is 1.86 bits per heavy atom. The number of imide groups is 1. The molecule has 2 aromatic carbocycles. The lowest BCUT2D eigenvalue weighted by molar-refractivity contribution is -0.115. The zero-order valence-electron chi connectivity index (χ0n) is 14.2. The van der Waals surface area contributed by atoms with E-state index in [2.05, 4.69) is 26.2 Å². The molecule has 1 saturated heterocycles. The molecule has 0 bridgehead atoms. The van der Waals surface area contributed by atoms with Gasteiger partial charge in [0.15, 0.2) is 0 Å². The molecule has 0 aliphatic carbocycles. The Labute approximate surface area is 171 Å². The third kappa shape index (κ3) is 3.71. The van der Waals surface area contributed by atoms with E-state index in [0.717, 1.165) is 16.2 Å². The van der Waals surface area contributed by atoms with E-state index in [-0.39, 0.29) is 17.3 Å². The van der Waals surface area contributed by atoms with Crippen LogP contribution in [0.15, 0.2) is 68.8 Å². The summed E-state index contributed by atoms with van der Waals surface area (Å²) in [5.74, 6) is -0.0592. The number of rotatable bonds is 4. The number of thioether (sulfide) groups is 1. The van der Waals surface area contributed by atoms with Gasteiger partial charge in [0.25, 0.3) is 17.0 Å². The molecule has 1 N–H and O–H groups in total. The number of ether oxygens (including phenoxy) is 1. The first-order valence-electron chi connectivity index (χ1n) is 8.17. The summed E-state index contributed by atoms with van der Waals surface area (Å²) in [4.78, 5) is 40.6. The zero-order chi connectivity index (χ0) is 19.7. The van der Waals surface area contributed by atoms with Gasteiger partial charge in [-0.05, 0) is 54.2 Å². The van der Waals surface area contributed by atoms with E-state index >= 15 is 0 Å². The molecule has 0 atom stereocenters. The number of nitrogens with one attached hydrogen (secondary N) is 1. The fourth-order valence-corrected chi connectivity index (χ4v) is 3.58. The molecular formula is C19H12BrN3O4S. The number of fused-ring (bicyclic) bond motifs is 1. The van der Waals surface area contributed by atoms with Crippen LogP contribution >= 0.6 is 27.7 Å². The first-order chi connectivity index (χ1) is 13.5. The number of benzene rings is 2. The van der Waals surface area contributed by atoms with Gasteiger partial charge in [-0.3, -0.25) is 24.3 Å². The summed E-state index contributed by atoms with van der Waals surface area (Å²) in [5, 5.41) is 1.76. The Bertz CT molecular complexity index is 1190. The number of carbonyl (C=O) groups is 2. The lowest BCUT2D eigenvalue weighted by Gasteiger charge is -2.11. The van der Waals surface area contributed by atoms with Crippen LogP contribution in [0.5, 0.6) is 11.6 Å². The van der Waals surface area contributed by atoms with Gasteiger partial charge in [-0.2, -0.15) is 0 Å². The topological polar surface area (TPSA) is 90.3 Å². The molecule has 7 nitrogen and oxygen atoms in total. The van der Waals surface area contributed by atoms with E-state index in [4.69, 9.17) is 4.74 Å². The lowest BCUT2D eigenvalue weighted by atomic mass is 10.3. The second kappa shape index (κ2) is 7.61. The standard InChI is InChI=1S/C19H12BrN3O4S/c20-11-5-7-12(8-6-11)27-17-18(25)23(14-4-2-1-3-13(14)21-17)10-9-15-16(24)22-19(26)28-15/h1-9H,10H2,(H,22,24,26)/b15-9+. The average molecular weight is 458 g/mol. The molecular weight excluding hydrogens is 446 g/mol. The van der Waals surface area contributed by atoms with E-state index in [9.17, 15) is 14.4 Å². The van der Waals surface area contributed by atoms with Gasteiger partial charge in [-0.1, -0.05) is 28.1 Å². The molecule has 9 heteroatoms. The van der Waals surface area contributed by atoms with E-state index in [1.807, 2.05) is 6.07 Å². The van der Waals surface area contributed by atoms with Crippen LogP contribution in [0.4, 0.5) is 4.79 Å². The maximum atomic E-state index is 13.0. The molecule has 0 spiro atoms. The highest BCUT2D eigenvalue weighted by atomic mass is 79.9. The first kappa shape index (κ1) is 18.5. The molecule has 2 amide bonds. The van der Waals surface area contributed by atoms with Crippen molar-refractivity contribution in [1.29, 1.82) is 0 Å². The molecule has 28 heavy (non-hydrogen) atoms. The molecule has 4 rings (SSSR count). The molecule has 1 aliphatic heterocycles. The monoisotopic (exact) mass is 457 g/mol. The summed E-state index contributed by atoms with van der Waals surface area (Å²) in [6.45, 7) is 0.0988. The van der Waals surface area contributed by atoms with E-state index in [0.29, 0.717) is 16.8 Å². The van der Waals surface area contributed by atoms with Crippen molar-refractivity contribution in [1.82, 2.24) is 14.9 Å². The van der Waals surface area contributed by atoms with Crippen molar-refractivity contribution < 1.29 is 14.3 Å². The van der Waals surface area contributed by atoms with Crippen LogP contribution in [-0.2, 0) is 11.3 Å². The molecule has 0 radical (unpaired) electrons. The number of para-hydroxylation sites is 2. The van der Waals surface area contributed by atoms with Crippen LogP contribution in [0.2, 0.25) is 0 Å². The second-order valence-corrected chi connectivity index (χ2v) is 7.72. The molecule has 0 saturated carbocycles. The van der Waals surface area contributed by atoms with Crippen molar-refractivity contribution in [2.45, 2.75) is 6.54 Å². The third-order valence-electron chi connectivity index (χ3n) is 3.95. The highest BCUT2D eigenvalue weighted by Gasteiger charge is 2.25. The predicted molar refractivity (Wildman–Crippen MR) is 109 cm³/mol. The van der Waals surface area contributed by atoms with Gasteiger partial charge in [-0.15, -0.1) is 0 Å². The minimum Gasteiger partial charge on any atom is -0.435 e. The minimum absolute atomic E-state index is 0.0703. The highest BCUT2D eigenvalue weighted by molar-refractivity contribution is 9.10. The van der Waals surface area contributed by atoms with Gasteiger partial charge in [0, 0.05) is 11.0 Å². The Morgan fingerprint density at radius 1 is 1.11 bits per heavy atom. The highest BCUT2D eigenvalue weighted by Crippen LogP contribution is 2.24. The first-order valence-corrected chi connectivity index (χ1v) is 9.78. The number of carbonyl (C=O) groups excluding carboxylic acids is 2. The molecule has 2 heterocycles. The molecule has 1 aliphatic rings. The van der Waals surface area contributed by atoms with Crippen molar-refractivity contribution in [2.24, 2.45) is 0 Å². The fraction of sp³-hybridized carbons (Fsp3) is 0.0526. The molecule has 3 aromatic rings. The van der Waals surface area contributed by atoms with Crippen molar-refractivity contribution in [3.63, 3.8) is 0 Å². The normalized spacial score (nSPS) is 15.2. The Balaban J connectivity index is 1.76. The van der Waals surface area contributed by atoms with Crippen LogP contribution in [0, 0.1) is 0 Å². The van der Waals surface area contributed by atoms with Gasteiger partial charge in [0.2, 0.25) is 0 Å². The molecule has 1 aromatic heterocycles. The SMILES string of the molecule is O=C1NC(=O)/C(=C\Cn2c(=O)c(Oc3ccc(Br)cc3)nc3ccccc32)S1. The lowest BCUT2D eigenvalue weighted by Crippen LogP contribution is -2.23. The van der Waals surface area contributed by atoms with Crippen molar-refractivity contribution in [2.75, 3.05) is 0 Å². The predicted octanol–water partition coefficient (Wildman–Crippen LogP) is 3.82. The number of hydrogen-bond donors (Lipinski definition) is 1. The van der Waals surface area contributed by atoms with Gasteiger partial charge >= 0.3 is 5.56 Å². The zero-order valence-corrected chi connectivity index (χ0v) is 16.6. The van der Waals surface area contributed by atoms with E-state index in [1.54, 1.807) is 48.5 Å². The summed E-state index contributed by atoms with van der Waals surface area (Å²) in [5.41, 5.74) is 0.739. The van der Waals surface area contributed by atoms with Crippen LogP contribution in [-0.4, -0.2) is 20.7 Å². The summed E-state index contributed by atoms with van der Waals surface area (Å²) in [6.07, 6.45) is 1.54.